The molecule has 0 spiro atoms. The molecule has 2 heterocycles. The van der Waals surface area contributed by atoms with E-state index >= 15 is 0 Å². The van der Waals surface area contributed by atoms with Gasteiger partial charge in [0.25, 0.3) is 11.4 Å². The molecule has 0 unspecified atom stereocenters. The zero-order chi connectivity index (χ0) is 17.8. The van der Waals surface area contributed by atoms with Crippen LogP contribution in [0.4, 0.5) is 5.82 Å². The van der Waals surface area contributed by atoms with Crippen molar-refractivity contribution in [3.63, 3.8) is 0 Å². The predicted molar refractivity (Wildman–Crippen MR) is 97.3 cm³/mol. The van der Waals surface area contributed by atoms with Gasteiger partial charge in [-0.25, -0.2) is 9.97 Å². The van der Waals surface area contributed by atoms with Crippen LogP contribution in [0.1, 0.15) is 25.5 Å². The number of hydrogen-bond acceptors (Lipinski definition) is 5. The van der Waals surface area contributed by atoms with Crippen LogP contribution in [-0.4, -0.2) is 14.5 Å². The fourth-order valence-corrected chi connectivity index (χ4v) is 2.41. The van der Waals surface area contributed by atoms with Gasteiger partial charge in [-0.2, -0.15) is 0 Å². The Morgan fingerprint density at radius 3 is 2.64 bits per heavy atom. The Balaban J connectivity index is 1.89. The number of ether oxygens (including phenoxy) is 1. The molecule has 2 aromatic heterocycles. The van der Waals surface area contributed by atoms with Crippen molar-refractivity contribution in [1.82, 2.24) is 14.5 Å². The summed E-state index contributed by atoms with van der Waals surface area (Å²) in [6.07, 6.45) is 3.35. The van der Waals surface area contributed by atoms with E-state index in [0.717, 1.165) is 11.1 Å². The van der Waals surface area contributed by atoms with E-state index in [4.69, 9.17) is 10.5 Å². The summed E-state index contributed by atoms with van der Waals surface area (Å²) in [7, 11) is 0. The Bertz CT molecular complexity index is 920. The van der Waals surface area contributed by atoms with Crippen LogP contribution in [0.5, 0.6) is 5.88 Å². The molecule has 0 saturated carbocycles. The highest BCUT2D eigenvalue weighted by molar-refractivity contribution is 5.59. The summed E-state index contributed by atoms with van der Waals surface area (Å²) >= 11 is 0. The van der Waals surface area contributed by atoms with Gasteiger partial charge in [0.1, 0.15) is 6.61 Å². The lowest BCUT2D eigenvalue weighted by atomic mass is 10.2. The van der Waals surface area contributed by atoms with Crippen molar-refractivity contribution in [1.29, 1.82) is 0 Å². The van der Waals surface area contributed by atoms with Crippen molar-refractivity contribution < 1.29 is 4.74 Å². The molecule has 1 aromatic carbocycles. The standard InChI is InChI=1S/C19H20N4O2/c1-13(2)23-11-15(8-9-17(23)24)16-10-21-18(20)19(22-16)25-12-14-6-4-3-5-7-14/h3-11,13H,12H2,1-2H3,(H2,20,21). The Kier molecular flexibility index (Phi) is 4.79. The first-order chi connectivity index (χ1) is 12.0. The van der Waals surface area contributed by atoms with Gasteiger partial charge < -0.3 is 15.0 Å². The number of anilines is 1. The molecule has 0 bridgehead atoms. The van der Waals surface area contributed by atoms with Crippen LogP contribution in [0.25, 0.3) is 11.3 Å². The van der Waals surface area contributed by atoms with E-state index in [1.807, 2.05) is 44.2 Å². The SMILES string of the molecule is CC(C)n1cc(-c2cnc(N)c(OCc3ccccc3)n2)ccc1=O. The highest BCUT2D eigenvalue weighted by Crippen LogP contribution is 2.23. The van der Waals surface area contributed by atoms with Gasteiger partial charge in [-0.15, -0.1) is 0 Å². The number of benzene rings is 1. The molecular formula is C19H20N4O2. The summed E-state index contributed by atoms with van der Waals surface area (Å²) in [5, 5.41) is 0. The number of rotatable bonds is 5. The van der Waals surface area contributed by atoms with Gasteiger partial charge in [-0.1, -0.05) is 30.3 Å². The third kappa shape index (κ3) is 3.85. The van der Waals surface area contributed by atoms with E-state index in [2.05, 4.69) is 9.97 Å². The first kappa shape index (κ1) is 16.7. The van der Waals surface area contributed by atoms with Crippen molar-refractivity contribution in [2.75, 3.05) is 5.73 Å². The largest absolute Gasteiger partial charge is 0.470 e. The molecule has 3 rings (SSSR count). The zero-order valence-electron chi connectivity index (χ0n) is 14.2. The highest BCUT2D eigenvalue weighted by atomic mass is 16.5. The molecular weight excluding hydrogens is 316 g/mol. The van der Waals surface area contributed by atoms with Gasteiger partial charge >= 0.3 is 0 Å². The maximum Gasteiger partial charge on any atom is 0.258 e. The first-order valence-corrected chi connectivity index (χ1v) is 8.06. The van der Waals surface area contributed by atoms with E-state index in [9.17, 15) is 4.79 Å². The second-order valence-corrected chi connectivity index (χ2v) is 5.98. The Morgan fingerprint density at radius 1 is 1.16 bits per heavy atom. The smallest absolute Gasteiger partial charge is 0.258 e. The Hall–Kier alpha value is -3.15. The lowest BCUT2D eigenvalue weighted by molar-refractivity contribution is 0.295. The van der Waals surface area contributed by atoms with Crippen LogP contribution in [0, 0.1) is 0 Å². The fraction of sp³-hybridized carbons (Fsp3) is 0.211. The van der Waals surface area contributed by atoms with Crippen LogP contribution < -0.4 is 16.0 Å². The van der Waals surface area contributed by atoms with Crippen LogP contribution >= 0.6 is 0 Å². The first-order valence-electron chi connectivity index (χ1n) is 8.06. The average molecular weight is 336 g/mol. The van der Waals surface area contributed by atoms with Gasteiger partial charge in [0.05, 0.1) is 11.9 Å². The minimum Gasteiger partial charge on any atom is -0.470 e. The Labute approximate surface area is 145 Å². The molecule has 25 heavy (non-hydrogen) atoms. The van der Waals surface area contributed by atoms with Crippen molar-refractivity contribution >= 4 is 5.82 Å². The van der Waals surface area contributed by atoms with Gasteiger partial charge in [0.15, 0.2) is 5.82 Å². The third-order valence-electron chi connectivity index (χ3n) is 3.78. The summed E-state index contributed by atoms with van der Waals surface area (Å²) in [6.45, 7) is 4.26. The summed E-state index contributed by atoms with van der Waals surface area (Å²) in [4.78, 5) is 20.5. The third-order valence-corrected chi connectivity index (χ3v) is 3.78. The number of nitrogens with zero attached hydrogens (tertiary/aromatic N) is 3. The van der Waals surface area contributed by atoms with E-state index in [0.29, 0.717) is 12.3 Å². The molecule has 3 aromatic rings. The van der Waals surface area contributed by atoms with E-state index in [1.54, 1.807) is 23.0 Å². The molecule has 6 nitrogen and oxygen atoms in total. The molecule has 2 N–H and O–H groups in total. The van der Waals surface area contributed by atoms with Crippen molar-refractivity contribution in [2.45, 2.75) is 26.5 Å². The maximum atomic E-state index is 11.9. The molecule has 0 amide bonds. The normalized spacial score (nSPS) is 10.8. The summed E-state index contributed by atoms with van der Waals surface area (Å²) < 4.78 is 7.37. The van der Waals surface area contributed by atoms with Crippen LogP contribution in [0.15, 0.2) is 59.7 Å². The fourth-order valence-electron chi connectivity index (χ4n) is 2.41. The highest BCUT2D eigenvalue weighted by Gasteiger charge is 2.10. The molecule has 0 aliphatic carbocycles. The van der Waals surface area contributed by atoms with Crippen LogP contribution in [-0.2, 0) is 6.61 Å². The van der Waals surface area contributed by atoms with E-state index in [-0.39, 0.29) is 23.3 Å². The number of hydrogen-bond donors (Lipinski definition) is 1. The summed E-state index contributed by atoms with van der Waals surface area (Å²) in [6, 6.07) is 13.1. The monoisotopic (exact) mass is 336 g/mol. The van der Waals surface area contributed by atoms with Crippen LogP contribution in [0.2, 0.25) is 0 Å². The summed E-state index contributed by atoms with van der Waals surface area (Å²) in [5.41, 5.74) is 8.23. The number of pyridine rings is 1. The second kappa shape index (κ2) is 7.17. The number of nitrogens with two attached hydrogens (primary N) is 1. The predicted octanol–water partition coefficient (Wildman–Crippen LogP) is 3.05. The lowest BCUT2D eigenvalue weighted by Gasteiger charge is -2.12. The zero-order valence-corrected chi connectivity index (χ0v) is 14.2. The maximum absolute atomic E-state index is 11.9. The van der Waals surface area contributed by atoms with E-state index in [1.165, 1.54) is 6.07 Å². The van der Waals surface area contributed by atoms with E-state index < -0.39 is 0 Å². The molecule has 0 saturated heterocycles. The summed E-state index contributed by atoms with van der Waals surface area (Å²) in [5.74, 6) is 0.514. The molecule has 128 valence electrons. The van der Waals surface area contributed by atoms with Gasteiger partial charge in [0, 0.05) is 23.9 Å². The number of aromatic nitrogens is 3. The average Bonchev–Trinajstić information content (AvgIpc) is 2.62. The minimum atomic E-state index is -0.0531. The van der Waals surface area contributed by atoms with Gasteiger partial charge in [0.2, 0.25) is 0 Å². The van der Waals surface area contributed by atoms with Crippen LogP contribution in [0.3, 0.4) is 0 Å². The van der Waals surface area contributed by atoms with Crippen molar-refractivity contribution in [2.24, 2.45) is 0 Å². The van der Waals surface area contributed by atoms with Gasteiger partial charge in [-0.05, 0) is 25.5 Å². The Morgan fingerprint density at radius 2 is 1.92 bits per heavy atom. The quantitative estimate of drug-likeness (QED) is 0.774. The van der Waals surface area contributed by atoms with Crippen molar-refractivity contribution in [3.05, 3.63) is 70.8 Å². The topological polar surface area (TPSA) is 83.0 Å². The molecule has 0 atom stereocenters. The number of nitrogen functional groups attached to an aromatic ring is 1. The second-order valence-electron chi connectivity index (χ2n) is 5.98. The molecule has 6 heteroatoms. The minimum absolute atomic E-state index is 0.0531. The molecule has 0 aliphatic rings. The lowest BCUT2D eigenvalue weighted by Crippen LogP contribution is -2.20. The molecule has 0 fully saturated rings. The molecule has 0 radical (unpaired) electrons. The van der Waals surface area contributed by atoms with Crippen molar-refractivity contribution in [3.8, 4) is 17.1 Å². The molecule has 0 aliphatic heterocycles. The van der Waals surface area contributed by atoms with Gasteiger partial charge in [-0.3, -0.25) is 4.79 Å².